The van der Waals surface area contributed by atoms with Crippen LogP contribution in [0.5, 0.6) is 0 Å². The van der Waals surface area contributed by atoms with E-state index < -0.39 is 0 Å². The molecule has 0 bridgehead atoms. The zero-order valence-corrected chi connectivity index (χ0v) is 40.5. The Morgan fingerprint density at radius 1 is 0.384 bits per heavy atom. The quantitative estimate of drug-likeness (QED) is 0.139. The Kier molecular flexibility index (Phi) is 10.5. The summed E-state index contributed by atoms with van der Waals surface area (Å²) in [6, 6.07) is 46.8. The molecule has 12 heteroatoms. The van der Waals surface area contributed by atoms with Crippen LogP contribution in [0.4, 0.5) is 0 Å². The Hall–Kier alpha value is -9.55. The van der Waals surface area contributed by atoms with Crippen molar-refractivity contribution < 1.29 is 0 Å². The average Bonchev–Trinajstić information content (AvgIpc) is 4.13. The van der Waals surface area contributed by atoms with E-state index in [-0.39, 0.29) is 5.92 Å². The molecule has 1 atom stereocenters. The lowest BCUT2D eigenvalue weighted by Gasteiger charge is -2.28. The number of imidazole rings is 3. The van der Waals surface area contributed by atoms with Crippen molar-refractivity contribution >= 4 is 39.2 Å². The molecule has 0 N–H and O–H groups in total. The van der Waals surface area contributed by atoms with Gasteiger partial charge in [-0.05, 0) is 129 Å². The molecule has 1 unspecified atom stereocenters. The number of aromatic nitrogens is 12. The lowest BCUT2D eigenvalue weighted by Crippen LogP contribution is -2.14. The van der Waals surface area contributed by atoms with Crippen molar-refractivity contribution in [2.45, 2.75) is 34.1 Å². The minimum Gasteiger partial charge on any atom is -0.280 e. The van der Waals surface area contributed by atoms with Crippen LogP contribution in [0, 0.1) is 19.8 Å². The maximum absolute atomic E-state index is 5.74. The van der Waals surface area contributed by atoms with Crippen LogP contribution in [0.15, 0.2) is 194 Å². The smallest absolute Gasteiger partial charge is 0.164 e. The molecule has 13 rings (SSSR count). The van der Waals surface area contributed by atoms with Crippen LogP contribution in [-0.4, -0.2) is 58.6 Å². The number of hydrogen-bond acceptors (Lipinski definition) is 9. The van der Waals surface area contributed by atoms with Gasteiger partial charge in [-0.25, -0.2) is 29.9 Å². The molecule has 3 aromatic carbocycles. The summed E-state index contributed by atoms with van der Waals surface area (Å²) in [7, 11) is 0. The third-order valence-electron chi connectivity index (χ3n) is 13.9. The van der Waals surface area contributed by atoms with Crippen LogP contribution >= 0.6 is 0 Å². The van der Waals surface area contributed by atoms with Gasteiger partial charge in [0.15, 0.2) is 16.9 Å². The number of aryl methyl sites for hydroxylation is 2. The molecule has 0 fully saturated rings. The Balaban J connectivity index is 1.38. The molecule has 1 aliphatic carbocycles. The number of allylic oxidation sites excluding steroid dienone is 4. The number of pyridine rings is 6. The highest BCUT2D eigenvalue weighted by Crippen LogP contribution is 2.56. The summed E-state index contributed by atoms with van der Waals surface area (Å²) < 4.78 is 6.65. The predicted octanol–water partition coefficient (Wildman–Crippen LogP) is 13.5. The molecule has 9 aromatic heterocycles. The maximum atomic E-state index is 5.74. The summed E-state index contributed by atoms with van der Waals surface area (Å²) in [5, 5.41) is 0. The summed E-state index contributed by atoms with van der Waals surface area (Å²) in [6.07, 6.45) is 16.3. The SMILES string of the molecule is CC1=C(n2c(-c3c(-c4ccccn4)c(-c4nc5cccnc5n4-c4ccccc4C)c(-c4ccccn4)c(-c4nc5cccnc5n4-c4ccccc4C)c3-c3ccccn3)nc3cccnc32)C(C)CC=C1. The maximum Gasteiger partial charge on any atom is 0.164 e. The molecule has 1 aliphatic rings. The Morgan fingerprint density at radius 3 is 1.14 bits per heavy atom. The zero-order chi connectivity index (χ0) is 49.2. The fraction of sp³-hybridized carbons (Fsp3) is 0.0984. The van der Waals surface area contributed by atoms with Crippen molar-refractivity contribution in [1.82, 2.24) is 58.6 Å². The van der Waals surface area contributed by atoms with Gasteiger partial charge in [-0.2, -0.15) is 0 Å². The topological polar surface area (TPSA) is 131 Å². The summed E-state index contributed by atoms with van der Waals surface area (Å²) >= 11 is 0. The van der Waals surface area contributed by atoms with Crippen LogP contribution in [0.2, 0.25) is 0 Å². The van der Waals surface area contributed by atoms with Crippen LogP contribution in [0.1, 0.15) is 31.4 Å². The van der Waals surface area contributed by atoms with Gasteiger partial charge >= 0.3 is 0 Å². The second-order valence-corrected chi connectivity index (χ2v) is 18.4. The highest BCUT2D eigenvalue weighted by molar-refractivity contribution is 6.14. The van der Waals surface area contributed by atoms with Gasteiger partial charge in [-0.3, -0.25) is 28.7 Å². The van der Waals surface area contributed by atoms with E-state index in [1.807, 2.05) is 110 Å². The number of rotatable bonds is 9. The van der Waals surface area contributed by atoms with Gasteiger partial charge in [0, 0.05) is 82.2 Å². The summed E-state index contributed by atoms with van der Waals surface area (Å²) in [5.74, 6) is 2.02. The monoisotopic (exact) mass is 946 g/mol. The first-order chi connectivity index (χ1) is 35.9. The molecule has 73 heavy (non-hydrogen) atoms. The predicted molar refractivity (Wildman–Crippen MR) is 290 cm³/mol. The van der Waals surface area contributed by atoms with Crippen molar-refractivity contribution in [3.63, 3.8) is 0 Å². The second kappa shape index (κ2) is 17.7. The van der Waals surface area contributed by atoms with Gasteiger partial charge in [0.05, 0.1) is 28.5 Å². The van der Waals surface area contributed by atoms with Crippen molar-refractivity contribution in [3.05, 3.63) is 206 Å². The van der Waals surface area contributed by atoms with Crippen LogP contribution in [-0.2, 0) is 0 Å². The lowest BCUT2D eigenvalue weighted by molar-refractivity contribution is 0.711. The first-order valence-corrected chi connectivity index (χ1v) is 24.4. The molecule has 0 amide bonds. The number of benzene rings is 3. The minimum atomic E-state index is 0.110. The van der Waals surface area contributed by atoms with E-state index in [1.54, 1.807) is 0 Å². The van der Waals surface area contributed by atoms with Gasteiger partial charge in [-0.1, -0.05) is 73.7 Å². The molecule has 12 nitrogen and oxygen atoms in total. The van der Waals surface area contributed by atoms with E-state index in [0.717, 1.165) is 84.7 Å². The summed E-state index contributed by atoms with van der Waals surface area (Å²) in [6.45, 7) is 8.69. The molecular weight excluding hydrogens is 901 g/mol. The van der Waals surface area contributed by atoms with Gasteiger partial charge in [0.25, 0.3) is 0 Å². The highest BCUT2D eigenvalue weighted by atomic mass is 15.2. The average molecular weight is 947 g/mol. The van der Waals surface area contributed by atoms with Gasteiger partial charge in [-0.15, -0.1) is 0 Å². The fourth-order valence-electron chi connectivity index (χ4n) is 10.7. The summed E-state index contributed by atoms with van der Waals surface area (Å²) in [4.78, 5) is 48.3. The normalized spacial score (nSPS) is 13.7. The molecule has 0 saturated carbocycles. The van der Waals surface area contributed by atoms with Crippen molar-refractivity contribution in [1.29, 1.82) is 0 Å². The van der Waals surface area contributed by atoms with Crippen molar-refractivity contribution in [2.24, 2.45) is 5.92 Å². The fourth-order valence-corrected chi connectivity index (χ4v) is 10.7. The third kappa shape index (κ3) is 7.09. The molecule has 12 aromatic rings. The molecule has 0 aliphatic heterocycles. The van der Waals surface area contributed by atoms with E-state index in [4.69, 9.17) is 44.9 Å². The highest BCUT2D eigenvalue weighted by Gasteiger charge is 2.38. The Morgan fingerprint density at radius 2 is 0.753 bits per heavy atom. The minimum absolute atomic E-state index is 0.110. The van der Waals surface area contributed by atoms with Gasteiger partial charge < -0.3 is 0 Å². The third-order valence-corrected chi connectivity index (χ3v) is 13.9. The lowest BCUT2D eigenvalue weighted by atomic mass is 9.80. The molecule has 350 valence electrons. The van der Waals surface area contributed by atoms with Crippen LogP contribution in [0.25, 0.3) is 118 Å². The second-order valence-electron chi connectivity index (χ2n) is 18.4. The largest absolute Gasteiger partial charge is 0.280 e. The van der Waals surface area contributed by atoms with E-state index in [9.17, 15) is 0 Å². The van der Waals surface area contributed by atoms with E-state index in [2.05, 4.69) is 120 Å². The number of para-hydroxylation sites is 2. The van der Waals surface area contributed by atoms with Crippen LogP contribution < -0.4 is 0 Å². The molecule has 0 saturated heterocycles. The van der Waals surface area contributed by atoms with Gasteiger partial charge in [0.1, 0.15) is 34.0 Å². The molecule has 9 heterocycles. The number of fused-ring (bicyclic) bond motifs is 3. The molecule has 0 radical (unpaired) electrons. The Labute approximate surface area is 420 Å². The Bertz CT molecular complexity index is 3980. The van der Waals surface area contributed by atoms with Crippen LogP contribution in [0.3, 0.4) is 0 Å². The summed E-state index contributed by atoms with van der Waals surface area (Å²) in [5.41, 5.74) is 17.0. The van der Waals surface area contributed by atoms with E-state index in [0.29, 0.717) is 56.9 Å². The van der Waals surface area contributed by atoms with E-state index >= 15 is 0 Å². The van der Waals surface area contributed by atoms with Gasteiger partial charge in [0.2, 0.25) is 0 Å². The molecular formula is C61H46N12. The first kappa shape index (κ1) is 43.5. The standard InChI is InChI=1S/C61H46N12/c1-37-19-5-7-29-47(37)71-56-44(26-16-34-65-56)68-59(71)52-49(41-23-9-12-31-62-41)53(60-69-45-27-17-35-66-57(45)72(60)48-30-8-6-20-38(48)2)51(43-25-11-14-33-64-43)54(50(52)42-24-10-13-32-63-42)61-70-46-28-18-36-67-58(46)73(61)55-39(3)21-15-22-40(55)4/h5-21,23-36,40H,22H2,1-4H3. The zero-order valence-electron chi connectivity index (χ0n) is 40.5. The molecule has 0 spiro atoms. The van der Waals surface area contributed by atoms with E-state index in [1.165, 1.54) is 0 Å². The van der Waals surface area contributed by atoms with Crippen molar-refractivity contribution in [3.8, 4) is 79.3 Å². The number of hydrogen-bond donors (Lipinski definition) is 0. The van der Waals surface area contributed by atoms with Crippen molar-refractivity contribution in [2.75, 3.05) is 0 Å². The number of nitrogens with zero attached hydrogens (tertiary/aromatic N) is 12. The first-order valence-electron chi connectivity index (χ1n) is 24.4.